The van der Waals surface area contributed by atoms with Crippen LogP contribution in [0.3, 0.4) is 0 Å². The number of aromatic nitrogens is 2. The molecule has 0 spiro atoms. The summed E-state index contributed by atoms with van der Waals surface area (Å²) >= 11 is 2.78. The van der Waals surface area contributed by atoms with Crippen LogP contribution in [0.15, 0.2) is 92.7 Å². The Labute approximate surface area is 282 Å². The number of carbonyl (C=O) groups excluding carboxylic acids is 2. The molecular formula is C36H52N4O4S2. The predicted octanol–water partition coefficient (Wildman–Crippen LogP) is 9.70. The van der Waals surface area contributed by atoms with Crippen LogP contribution in [0, 0.1) is 0 Å². The molecule has 8 nitrogen and oxygen atoms in total. The number of fused-ring (bicyclic) bond motifs is 2. The normalized spacial score (nSPS) is 11.4. The van der Waals surface area contributed by atoms with Gasteiger partial charge in [0.05, 0.1) is 15.6 Å². The van der Waals surface area contributed by atoms with Crippen LogP contribution in [0.4, 0.5) is 0 Å². The lowest BCUT2D eigenvalue weighted by Gasteiger charge is -2.05. The number of aromatic amines is 2. The van der Waals surface area contributed by atoms with Crippen LogP contribution in [-0.4, -0.2) is 21.8 Å². The summed E-state index contributed by atoms with van der Waals surface area (Å²) in [7, 11) is 0. The van der Waals surface area contributed by atoms with Crippen LogP contribution in [0.5, 0.6) is 0 Å². The molecule has 10 heteroatoms. The molecule has 2 aliphatic carbocycles. The molecule has 0 saturated carbocycles. The van der Waals surface area contributed by atoms with E-state index in [1.54, 1.807) is 6.07 Å². The minimum absolute atomic E-state index is 0. The third-order valence-electron chi connectivity index (χ3n) is 5.57. The van der Waals surface area contributed by atoms with Crippen LogP contribution in [-0.2, 0) is 0 Å². The first-order valence-electron chi connectivity index (χ1n) is 15.0. The fourth-order valence-electron chi connectivity index (χ4n) is 3.73. The molecule has 0 aromatic carbocycles. The largest absolute Gasteiger partial charge is 0.359 e. The van der Waals surface area contributed by atoms with E-state index in [-0.39, 0.29) is 48.7 Å². The van der Waals surface area contributed by atoms with E-state index >= 15 is 0 Å². The number of pyridine rings is 2. The Morgan fingerprint density at radius 3 is 1.65 bits per heavy atom. The monoisotopic (exact) mass is 668 g/mol. The Morgan fingerprint density at radius 1 is 0.674 bits per heavy atom. The molecule has 4 aromatic heterocycles. The Balaban J connectivity index is 0. The summed E-state index contributed by atoms with van der Waals surface area (Å²) in [6.07, 6.45) is 15.6. The molecule has 0 radical (unpaired) electrons. The van der Waals surface area contributed by atoms with E-state index in [9.17, 15) is 19.2 Å². The Kier molecular flexibility index (Phi) is 22.9. The number of H-pyrrole nitrogens is 2. The fourth-order valence-corrected chi connectivity index (χ4v) is 5.29. The predicted molar refractivity (Wildman–Crippen MR) is 202 cm³/mol. The highest BCUT2D eigenvalue weighted by Gasteiger charge is 2.16. The standard InChI is InChI=1S/2C13H10N2O2S.4C2H6.2CH4/c16-11-9(7-14-10-5-6-18-12(10)11)13(17)15-8-3-1-2-4-8;16-11-9-5-6-18-13(9)14-7-10(11)12(17)15-8-3-1-2-4-8;4*1-2;;/h2*1-3,5-7H,4H2,(H,14,16)(H,15,17);4*1-2H3;2*1H4. The van der Waals surface area contributed by atoms with Crippen molar-refractivity contribution in [1.29, 1.82) is 0 Å². The van der Waals surface area contributed by atoms with Crippen molar-refractivity contribution >= 4 is 54.9 Å². The van der Waals surface area contributed by atoms with Crippen molar-refractivity contribution < 1.29 is 9.59 Å². The number of hydrogen-bond acceptors (Lipinski definition) is 6. The average Bonchev–Trinajstić information content (AvgIpc) is 3.90. The summed E-state index contributed by atoms with van der Waals surface area (Å²) in [5, 5.41) is 9.69. The maximum atomic E-state index is 12.1. The van der Waals surface area contributed by atoms with E-state index in [1.807, 2.05) is 109 Å². The molecule has 0 aliphatic heterocycles. The lowest BCUT2D eigenvalue weighted by Crippen LogP contribution is -2.27. The maximum absolute atomic E-state index is 12.1. The van der Waals surface area contributed by atoms with Crippen LogP contribution in [0.25, 0.3) is 20.4 Å². The van der Waals surface area contributed by atoms with Crippen molar-refractivity contribution in [2.24, 2.45) is 0 Å². The van der Waals surface area contributed by atoms with Crippen molar-refractivity contribution in [1.82, 2.24) is 20.6 Å². The van der Waals surface area contributed by atoms with Crippen LogP contribution >= 0.6 is 22.7 Å². The topological polar surface area (TPSA) is 124 Å². The fraction of sp³-hybridized carbons (Fsp3) is 0.333. The molecule has 0 saturated heterocycles. The van der Waals surface area contributed by atoms with Gasteiger partial charge in [-0.3, -0.25) is 19.2 Å². The third-order valence-corrected chi connectivity index (χ3v) is 7.33. The second-order valence-corrected chi connectivity index (χ2v) is 9.78. The van der Waals surface area contributed by atoms with E-state index in [4.69, 9.17) is 0 Å². The molecule has 46 heavy (non-hydrogen) atoms. The number of amides is 2. The van der Waals surface area contributed by atoms with Gasteiger partial charge in [0.15, 0.2) is 0 Å². The highest BCUT2D eigenvalue weighted by Crippen LogP contribution is 2.16. The quantitative estimate of drug-likeness (QED) is 0.173. The van der Waals surface area contributed by atoms with Gasteiger partial charge in [-0.25, -0.2) is 0 Å². The Hall–Kier alpha value is -4.28. The second kappa shape index (κ2) is 24.0. The molecule has 0 fully saturated rings. The first-order chi connectivity index (χ1) is 21.5. The number of hydrogen-bond donors (Lipinski definition) is 4. The minimum atomic E-state index is -0.362. The zero-order valence-electron chi connectivity index (χ0n) is 26.8. The third kappa shape index (κ3) is 11.6. The van der Waals surface area contributed by atoms with Gasteiger partial charge in [0, 0.05) is 36.6 Å². The lowest BCUT2D eigenvalue weighted by molar-refractivity contribution is 0.0955. The van der Waals surface area contributed by atoms with Crippen molar-refractivity contribution in [3.05, 3.63) is 115 Å². The SMILES string of the molecule is C.C.CC.CC.CC.CC.O=C(NC1=CC=CC1)c1c[nH]c2ccsc2c1=O.O=C(NC1=CC=CC1)c1c[nH]c2sccc2c1=O. The summed E-state index contributed by atoms with van der Waals surface area (Å²) in [5.74, 6) is -0.721. The first kappa shape index (κ1) is 43.8. The van der Waals surface area contributed by atoms with Gasteiger partial charge in [-0.1, -0.05) is 94.5 Å². The van der Waals surface area contributed by atoms with E-state index < -0.39 is 0 Å². The molecule has 2 aliphatic rings. The van der Waals surface area contributed by atoms with Gasteiger partial charge in [-0.15, -0.1) is 22.7 Å². The van der Waals surface area contributed by atoms with Crippen LogP contribution in [0.2, 0.25) is 0 Å². The summed E-state index contributed by atoms with van der Waals surface area (Å²) in [6.45, 7) is 16.0. The van der Waals surface area contributed by atoms with Gasteiger partial charge in [0.25, 0.3) is 11.8 Å². The molecule has 4 aromatic rings. The first-order valence-corrected chi connectivity index (χ1v) is 16.8. The van der Waals surface area contributed by atoms with Crippen molar-refractivity contribution in [3.63, 3.8) is 0 Å². The minimum Gasteiger partial charge on any atom is -0.359 e. The van der Waals surface area contributed by atoms with E-state index in [0.29, 0.717) is 22.9 Å². The van der Waals surface area contributed by atoms with Gasteiger partial charge in [-0.2, -0.15) is 0 Å². The molecule has 0 atom stereocenters. The Bertz CT molecular complexity index is 1610. The van der Waals surface area contributed by atoms with Gasteiger partial charge in [0.2, 0.25) is 10.9 Å². The van der Waals surface area contributed by atoms with Crippen LogP contribution in [0.1, 0.15) is 104 Å². The highest BCUT2D eigenvalue weighted by atomic mass is 32.1. The van der Waals surface area contributed by atoms with Crippen molar-refractivity contribution in [3.8, 4) is 0 Å². The molecule has 252 valence electrons. The summed E-state index contributed by atoms with van der Waals surface area (Å²) in [6, 6.07) is 3.55. The van der Waals surface area contributed by atoms with Gasteiger partial charge >= 0.3 is 0 Å². The summed E-state index contributed by atoms with van der Waals surface area (Å²) in [5.41, 5.74) is 2.24. The van der Waals surface area contributed by atoms with E-state index in [0.717, 1.165) is 21.7 Å². The average molecular weight is 669 g/mol. The Morgan fingerprint density at radius 2 is 1.15 bits per heavy atom. The maximum Gasteiger partial charge on any atom is 0.260 e. The molecule has 6 rings (SSSR count). The second-order valence-electron chi connectivity index (χ2n) is 7.95. The highest BCUT2D eigenvalue weighted by molar-refractivity contribution is 7.17. The molecule has 4 N–H and O–H groups in total. The number of rotatable bonds is 4. The van der Waals surface area contributed by atoms with E-state index in [1.165, 1.54) is 35.1 Å². The van der Waals surface area contributed by atoms with E-state index in [2.05, 4.69) is 20.6 Å². The zero-order chi connectivity index (χ0) is 33.1. The van der Waals surface area contributed by atoms with Gasteiger partial charge < -0.3 is 20.6 Å². The van der Waals surface area contributed by atoms with Gasteiger partial charge in [-0.05, 0) is 35.0 Å². The number of nitrogens with one attached hydrogen (secondary N) is 4. The number of thiophene rings is 2. The smallest absolute Gasteiger partial charge is 0.260 e. The zero-order valence-corrected chi connectivity index (χ0v) is 28.4. The van der Waals surface area contributed by atoms with Crippen molar-refractivity contribution in [2.75, 3.05) is 0 Å². The van der Waals surface area contributed by atoms with Crippen molar-refractivity contribution in [2.45, 2.75) is 83.1 Å². The van der Waals surface area contributed by atoms with Crippen LogP contribution < -0.4 is 21.5 Å². The molecule has 0 bridgehead atoms. The molecule has 0 unspecified atom stereocenters. The molecule has 4 heterocycles. The number of allylic oxidation sites excluding steroid dienone is 6. The summed E-state index contributed by atoms with van der Waals surface area (Å²) < 4.78 is 0.584. The molecular weight excluding hydrogens is 617 g/mol. The van der Waals surface area contributed by atoms with Gasteiger partial charge in [0.1, 0.15) is 16.0 Å². The number of carbonyl (C=O) groups is 2. The summed E-state index contributed by atoms with van der Waals surface area (Å²) in [4.78, 5) is 54.9. The lowest BCUT2D eigenvalue weighted by atomic mass is 10.2. The molecule has 2 amide bonds.